The first-order valence-corrected chi connectivity index (χ1v) is 8.06. The van der Waals surface area contributed by atoms with Gasteiger partial charge in [-0.1, -0.05) is 12.8 Å². The summed E-state index contributed by atoms with van der Waals surface area (Å²) in [5, 5.41) is 2.84. The minimum absolute atomic E-state index is 0.0532. The number of rotatable bonds is 3. The molecular weight excluding hydrogens is 280 g/mol. The molecule has 0 aliphatic carbocycles. The molecule has 0 bridgehead atoms. The molecule has 0 radical (unpaired) electrons. The van der Waals surface area contributed by atoms with Gasteiger partial charge < -0.3 is 15.0 Å². The van der Waals surface area contributed by atoms with Crippen LogP contribution in [0.2, 0.25) is 0 Å². The largest absolute Gasteiger partial charge is 0.484 e. The van der Waals surface area contributed by atoms with Crippen molar-refractivity contribution in [3.8, 4) is 5.75 Å². The molecule has 1 saturated heterocycles. The Labute approximate surface area is 130 Å². The number of likely N-dealkylation sites (tertiary alicyclic amines) is 1. The average Bonchev–Trinajstić information content (AvgIpc) is 2.82. The zero-order valence-electron chi connectivity index (χ0n) is 12.8. The molecule has 2 aliphatic rings. The second-order valence-electron chi connectivity index (χ2n) is 5.95. The Hall–Kier alpha value is -2.04. The maximum absolute atomic E-state index is 12.2. The van der Waals surface area contributed by atoms with E-state index in [-0.39, 0.29) is 18.4 Å². The maximum atomic E-state index is 12.2. The van der Waals surface area contributed by atoms with Gasteiger partial charge in [-0.25, -0.2) is 0 Å². The van der Waals surface area contributed by atoms with Crippen LogP contribution in [-0.4, -0.2) is 36.4 Å². The number of benzene rings is 1. The van der Waals surface area contributed by atoms with Crippen LogP contribution in [0.1, 0.15) is 37.7 Å². The van der Waals surface area contributed by atoms with Crippen molar-refractivity contribution >= 4 is 17.5 Å². The standard InChI is InChI=1S/C17H22N2O3/c20-16-8-5-13-11-14(6-7-15(13)18-16)22-12-17(21)19-9-3-1-2-4-10-19/h6-7,11H,1-5,8-10,12H2,(H,18,20). The molecule has 0 atom stereocenters. The number of carbonyl (C=O) groups excluding carboxylic acids is 2. The Morgan fingerprint density at radius 2 is 1.91 bits per heavy atom. The lowest BCUT2D eigenvalue weighted by molar-refractivity contribution is -0.133. The molecule has 5 heteroatoms. The van der Waals surface area contributed by atoms with Gasteiger partial charge in [0.15, 0.2) is 6.61 Å². The van der Waals surface area contributed by atoms with E-state index in [4.69, 9.17) is 4.74 Å². The summed E-state index contributed by atoms with van der Waals surface area (Å²) in [6.07, 6.45) is 5.82. The van der Waals surface area contributed by atoms with Gasteiger partial charge in [0.2, 0.25) is 5.91 Å². The van der Waals surface area contributed by atoms with Crippen LogP contribution in [0, 0.1) is 0 Å². The van der Waals surface area contributed by atoms with Gasteiger partial charge in [0.05, 0.1) is 0 Å². The van der Waals surface area contributed by atoms with Crippen molar-refractivity contribution in [3.05, 3.63) is 23.8 Å². The van der Waals surface area contributed by atoms with Crippen molar-refractivity contribution in [2.75, 3.05) is 25.0 Å². The Balaban J connectivity index is 1.57. The highest BCUT2D eigenvalue weighted by atomic mass is 16.5. The predicted octanol–water partition coefficient (Wildman–Crippen LogP) is 2.35. The summed E-state index contributed by atoms with van der Waals surface area (Å²) in [6.45, 7) is 1.78. The van der Waals surface area contributed by atoms with Crippen LogP contribution in [0.5, 0.6) is 5.75 Å². The van der Waals surface area contributed by atoms with Gasteiger partial charge in [0.1, 0.15) is 5.75 Å². The van der Waals surface area contributed by atoms with Crippen molar-refractivity contribution in [1.82, 2.24) is 4.90 Å². The quantitative estimate of drug-likeness (QED) is 0.932. The van der Waals surface area contributed by atoms with Gasteiger partial charge in [0, 0.05) is 25.2 Å². The number of carbonyl (C=O) groups is 2. The summed E-state index contributed by atoms with van der Waals surface area (Å²) in [6, 6.07) is 5.57. The van der Waals surface area contributed by atoms with E-state index in [2.05, 4.69) is 5.32 Å². The van der Waals surface area contributed by atoms with E-state index in [0.717, 1.165) is 43.6 Å². The predicted molar refractivity (Wildman–Crippen MR) is 83.9 cm³/mol. The lowest BCUT2D eigenvalue weighted by atomic mass is 10.0. The Morgan fingerprint density at radius 3 is 2.68 bits per heavy atom. The van der Waals surface area contributed by atoms with Gasteiger partial charge in [-0.3, -0.25) is 9.59 Å². The third kappa shape index (κ3) is 3.59. The Morgan fingerprint density at radius 1 is 1.14 bits per heavy atom. The van der Waals surface area contributed by atoms with E-state index in [0.29, 0.717) is 12.2 Å². The van der Waals surface area contributed by atoms with Gasteiger partial charge in [-0.15, -0.1) is 0 Å². The van der Waals surface area contributed by atoms with Gasteiger partial charge in [0.25, 0.3) is 5.91 Å². The molecule has 2 aliphatic heterocycles. The zero-order chi connectivity index (χ0) is 15.4. The van der Waals surface area contributed by atoms with Crippen molar-refractivity contribution in [2.45, 2.75) is 38.5 Å². The topological polar surface area (TPSA) is 58.6 Å². The molecule has 1 aromatic rings. The second-order valence-corrected chi connectivity index (χ2v) is 5.95. The molecule has 1 aromatic carbocycles. The second kappa shape index (κ2) is 6.81. The summed E-state index contributed by atoms with van der Waals surface area (Å²) < 4.78 is 5.65. The number of amides is 2. The van der Waals surface area contributed by atoms with Crippen molar-refractivity contribution in [2.24, 2.45) is 0 Å². The van der Waals surface area contributed by atoms with Crippen LogP contribution >= 0.6 is 0 Å². The summed E-state index contributed by atoms with van der Waals surface area (Å²) >= 11 is 0. The summed E-state index contributed by atoms with van der Waals surface area (Å²) in [7, 11) is 0. The molecule has 118 valence electrons. The summed E-state index contributed by atoms with van der Waals surface area (Å²) in [5.74, 6) is 0.809. The van der Waals surface area contributed by atoms with Crippen LogP contribution in [0.15, 0.2) is 18.2 Å². The molecule has 0 spiro atoms. The third-order valence-electron chi connectivity index (χ3n) is 4.29. The molecule has 2 amide bonds. The number of hydrogen-bond acceptors (Lipinski definition) is 3. The SMILES string of the molecule is O=C1CCc2cc(OCC(=O)N3CCCCCC3)ccc2N1. The van der Waals surface area contributed by atoms with Gasteiger partial charge in [-0.05, 0) is 43.0 Å². The first-order chi connectivity index (χ1) is 10.7. The van der Waals surface area contributed by atoms with E-state index < -0.39 is 0 Å². The smallest absolute Gasteiger partial charge is 0.260 e. The van der Waals surface area contributed by atoms with Gasteiger partial charge in [-0.2, -0.15) is 0 Å². The summed E-state index contributed by atoms with van der Waals surface area (Å²) in [5.41, 5.74) is 1.92. The Bertz CT molecular complexity index is 563. The molecule has 0 saturated carbocycles. The van der Waals surface area contributed by atoms with Crippen LogP contribution in [0.25, 0.3) is 0 Å². The van der Waals surface area contributed by atoms with Crippen LogP contribution in [0.4, 0.5) is 5.69 Å². The molecule has 1 N–H and O–H groups in total. The number of nitrogens with one attached hydrogen (secondary N) is 1. The van der Waals surface area contributed by atoms with E-state index in [1.807, 2.05) is 17.0 Å². The van der Waals surface area contributed by atoms with Crippen molar-refractivity contribution < 1.29 is 14.3 Å². The first kappa shape index (κ1) is 14.9. The molecule has 5 nitrogen and oxygen atoms in total. The molecule has 22 heavy (non-hydrogen) atoms. The number of aryl methyl sites for hydroxylation is 1. The molecule has 1 fully saturated rings. The van der Waals surface area contributed by atoms with Crippen LogP contribution in [-0.2, 0) is 16.0 Å². The van der Waals surface area contributed by atoms with Crippen molar-refractivity contribution in [1.29, 1.82) is 0 Å². The third-order valence-corrected chi connectivity index (χ3v) is 4.29. The molecule has 0 unspecified atom stereocenters. The fourth-order valence-corrected chi connectivity index (χ4v) is 3.01. The van der Waals surface area contributed by atoms with E-state index in [9.17, 15) is 9.59 Å². The lowest BCUT2D eigenvalue weighted by Gasteiger charge is -2.21. The van der Waals surface area contributed by atoms with Crippen LogP contribution < -0.4 is 10.1 Å². The fraction of sp³-hybridized carbons (Fsp3) is 0.529. The number of anilines is 1. The molecular formula is C17H22N2O3. The van der Waals surface area contributed by atoms with Gasteiger partial charge >= 0.3 is 0 Å². The molecule has 3 rings (SSSR count). The van der Waals surface area contributed by atoms with E-state index >= 15 is 0 Å². The first-order valence-electron chi connectivity index (χ1n) is 8.06. The minimum atomic E-state index is 0.0532. The van der Waals surface area contributed by atoms with E-state index in [1.54, 1.807) is 6.07 Å². The number of ether oxygens (including phenoxy) is 1. The maximum Gasteiger partial charge on any atom is 0.260 e. The average molecular weight is 302 g/mol. The van der Waals surface area contributed by atoms with Crippen LogP contribution in [0.3, 0.4) is 0 Å². The monoisotopic (exact) mass is 302 g/mol. The zero-order valence-corrected chi connectivity index (χ0v) is 12.8. The van der Waals surface area contributed by atoms with Crippen molar-refractivity contribution in [3.63, 3.8) is 0 Å². The highest BCUT2D eigenvalue weighted by Gasteiger charge is 2.17. The molecule has 2 heterocycles. The normalized spacial score (nSPS) is 18.2. The summed E-state index contributed by atoms with van der Waals surface area (Å²) in [4.78, 5) is 25.4. The molecule has 0 aromatic heterocycles. The number of hydrogen-bond donors (Lipinski definition) is 1. The number of nitrogens with zero attached hydrogens (tertiary/aromatic N) is 1. The highest BCUT2D eigenvalue weighted by Crippen LogP contribution is 2.26. The number of fused-ring (bicyclic) bond motifs is 1. The fourth-order valence-electron chi connectivity index (χ4n) is 3.01. The van der Waals surface area contributed by atoms with E-state index in [1.165, 1.54) is 12.8 Å². The minimum Gasteiger partial charge on any atom is -0.484 e. The lowest BCUT2D eigenvalue weighted by Crippen LogP contribution is -2.35. The highest BCUT2D eigenvalue weighted by molar-refractivity contribution is 5.94. The Kier molecular flexibility index (Phi) is 4.61.